The highest BCUT2D eigenvalue weighted by Crippen LogP contribution is 2.45. The van der Waals surface area contributed by atoms with Crippen LogP contribution in [0.1, 0.15) is 41.3 Å². The first kappa shape index (κ1) is 40.5. The molecule has 55 heavy (non-hydrogen) atoms. The van der Waals surface area contributed by atoms with Gasteiger partial charge in [-0.15, -0.1) is 0 Å². The van der Waals surface area contributed by atoms with Crippen LogP contribution in [-0.2, 0) is 24.6 Å². The maximum atomic E-state index is 12.9. The summed E-state index contributed by atoms with van der Waals surface area (Å²) in [6.07, 6.45) is -7.47. The highest BCUT2D eigenvalue weighted by atomic mass is 19.4. The lowest BCUT2D eigenvalue weighted by molar-refractivity contribution is -0.173. The van der Waals surface area contributed by atoms with Gasteiger partial charge >= 0.3 is 23.9 Å². The number of aromatic nitrogens is 2. The SMILES string of the molecule is COc1ccc(C(OC[C@@]2(CCOC(=O)NCCNC(=O)C(F)(F)F)O[C@@H](n3cc(C)c(=O)[nH]c3=O)C[C@@H]2O)(c2ccccc2)c2ccc(OC)cc2)cc1. The molecule has 4 N–H and O–H groups in total. The van der Waals surface area contributed by atoms with Crippen LogP contribution >= 0.6 is 0 Å². The Labute approximate surface area is 313 Å². The molecule has 1 aliphatic rings. The molecule has 1 aromatic heterocycles. The maximum Gasteiger partial charge on any atom is 0.471 e. The second-order valence-corrected chi connectivity index (χ2v) is 12.7. The number of hydrogen-bond acceptors (Lipinski definition) is 10. The molecular weight excluding hydrogens is 729 g/mol. The fourth-order valence-corrected chi connectivity index (χ4v) is 6.31. The third-order valence-corrected chi connectivity index (χ3v) is 9.26. The number of alkyl carbamates (subject to hydrolysis) is 1. The van der Waals surface area contributed by atoms with Gasteiger partial charge in [0, 0.05) is 37.7 Å². The summed E-state index contributed by atoms with van der Waals surface area (Å²) in [5.41, 5.74) is -2.10. The maximum absolute atomic E-state index is 12.9. The van der Waals surface area contributed by atoms with Crippen LogP contribution in [0.2, 0.25) is 0 Å². The summed E-state index contributed by atoms with van der Waals surface area (Å²) >= 11 is 0. The quantitative estimate of drug-likeness (QED) is 0.103. The molecule has 5 rings (SSSR count). The molecule has 1 aliphatic heterocycles. The minimum atomic E-state index is -5.07. The number of aryl methyl sites for hydroxylation is 1. The number of ether oxygens (including phenoxy) is 5. The highest BCUT2D eigenvalue weighted by Gasteiger charge is 2.51. The molecule has 0 bridgehead atoms. The summed E-state index contributed by atoms with van der Waals surface area (Å²) in [4.78, 5) is 50.9. The van der Waals surface area contributed by atoms with Crippen LogP contribution in [0.5, 0.6) is 11.5 Å². The number of carbonyl (C=O) groups is 2. The van der Waals surface area contributed by atoms with Crippen molar-refractivity contribution in [2.24, 2.45) is 0 Å². The Balaban J connectivity index is 1.49. The molecular formula is C38H41F3N4O10. The number of aromatic amines is 1. The van der Waals surface area contributed by atoms with Crippen LogP contribution in [0.25, 0.3) is 0 Å². The molecule has 3 atom stereocenters. The van der Waals surface area contributed by atoms with E-state index in [1.165, 1.54) is 13.1 Å². The van der Waals surface area contributed by atoms with Crippen molar-refractivity contribution in [3.63, 3.8) is 0 Å². The molecule has 1 fully saturated rings. The van der Waals surface area contributed by atoms with Gasteiger partial charge in [0.1, 0.15) is 28.9 Å². The number of carbonyl (C=O) groups excluding carboxylic acids is 2. The number of hydrogen-bond donors (Lipinski definition) is 4. The lowest BCUT2D eigenvalue weighted by Crippen LogP contribution is -2.48. The fraction of sp³-hybridized carbons (Fsp3) is 0.368. The zero-order valence-electron chi connectivity index (χ0n) is 30.2. The first-order valence-electron chi connectivity index (χ1n) is 17.1. The monoisotopic (exact) mass is 770 g/mol. The predicted octanol–water partition coefficient (Wildman–Crippen LogP) is 3.68. The average Bonchev–Trinajstić information content (AvgIpc) is 3.50. The van der Waals surface area contributed by atoms with Crippen LogP contribution in [0, 0.1) is 6.92 Å². The van der Waals surface area contributed by atoms with Gasteiger partial charge in [-0.05, 0) is 47.9 Å². The van der Waals surface area contributed by atoms with Crippen LogP contribution in [0.15, 0.2) is 94.6 Å². The number of alkyl halides is 3. The second-order valence-electron chi connectivity index (χ2n) is 12.7. The van der Waals surface area contributed by atoms with E-state index < -0.39 is 59.5 Å². The minimum Gasteiger partial charge on any atom is -0.497 e. The van der Waals surface area contributed by atoms with E-state index in [2.05, 4.69) is 10.3 Å². The Morgan fingerprint density at radius 3 is 2.04 bits per heavy atom. The zero-order valence-corrected chi connectivity index (χ0v) is 30.2. The third kappa shape index (κ3) is 9.18. The van der Waals surface area contributed by atoms with Gasteiger partial charge in [0.15, 0.2) is 0 Å². The molecule has 0 saturated carbocycles. The Kier molecular flexibility index (Phi) is 12.7. The molecule has 2 amide bonds. The minimum absolute atomic E-state index is 0.122. The van der Waals surface area contributed by atoms with E-state index in [-0.39, 0.29) is 38.2 Å². The Morgan fingerprint density at radius 1 is 0.909 bits per heavy atom. The second kappa shape index (κ2) is 17.2. The Morgan fingerprint density at radius 2 is 1.47 bits per heavy atom. The van der Waals surface area contributed by atoms with Crippen LogP contribution in [-0.4, -0.2) is 85.1 Å². The summed E-state index contributed by atoms with van der Waals surface area (Å²) in [7, 11) is 3.09. The topological polar surface area (TPSA) is 179 Å². The number of aliphatic hydroxyl groups excluding tert-OH is 1. The van der Waals surface area contributed by atoms with Crippen LogP contribution in [0.3, 0.4) is 0 Å². The summed E-state index contributed by atoms with van der Waals surface area (Å²) in [6.45, 7) is -0.0936. The van der Waals surface area contributed by atoms with Gasteiger partial charge in [-0.25, -0.2) is 9.59 Å². The van der Waals surface area contributed by atoms with E-state index in [4.69, 9.17) is 23.7 Å². The third-order valence-electron chi connectivity index (χ3n) is 9.26. The molecule has 14 nitrogen and oxygen atoms in total. The summed E-state index contributed by atoms with van der Waals surface area (Å²) in [6, 6.07) is 23.8. The van der Waals surface area contributed by atoms with Crippen molar-refractivity contribution in [1.82, 2.24) is 20.2 Å². The molecule has 294 valence electrons. The number of aliphatic hydroxyl groups is 1. The molecule has 17 heteroatoms. The van der Waals surface area contributed by atoms with Gasteiger partial charge in [-0.3, -0.25) is 19.1 Å². The molecule has 0 spiro atoms. The lowest BCUT2D eigenvalue weighted by atomic mass is 9.79. The van der Waals surface area contributed by atoms with E-state index in [1.54, 1.807) is 43.8 Å². The van der Waals surface area contributed by atoms with Gasteiger partial charge < -0.3 is 39.4 Å². The van der Waals surface area contributed by atoms with Crippen molar-refractivity contribution in [1.29, 1.82) is 0 Å². The first-order valence-corrected chi connectivity index (χ1v) is 17.1. The number of nitrogens with zero attached hydrogens (tertiary/aromatic N) is 1. The first-order chi connectivity index (χ1) is 26.2. The molecule has 0 radical (unpaired) electrons. The van der Waals surface area contributed by atoms with Gasteiger partial charge in [-0.1, -0.05) is 54.6 Å². The van der Waals surface area contributed by atoms with Crippen molar-refractivity contribution >= 4 is 12.0 Å². The van der Waals surface area contributed by atoms with Crippen LogP contribution in [0.4, 0.5) is 18.0 Å². The summed E-state index contributed by atoms with van der Waals surface area (Å²) in [5, 5.41) is 15.7. The lowest BCUT2D eigenvalue weighted by Gasteiger charge is -2.40. The fourth-order valence-electron chi connectivity index (χ4n) is 6.31. The molecule has 0 unspecified atom stereocenters. The normalized spacial score (nSPS) is 18.4. The van der Waals surface area contributed by atoms with E-state index in [0.29, 0.717) is 28.2 Å². The van der Waals surface area contributed by atoms with E-state index in [9.17, 15) is 37.5 Å². The van der Waals surface area contributed by atoms with E-state index in [1.807, 2.05) is 54.6 Å². The Hall–Kier alpha value is -5.65. The largest absolute Gasteiger partial charge is 0.497 e. The number of H-pyrrole nitrogens is 1. The molecule has 4 aromatic rings. The zero-order chi connectivity index (χ0) is 39.8. The highest BCUT2D eigenvalue weighted by molar-refractivity contribution is 5.81. The summed E-state index contributed by atoms with van der Waals surface area (Å²) < 4.78 is 68.3. The smallest absolute Gasteiger partial charge is 0.471 e. The van der Waals surface area contributed by atoms with Gasteiger partial charge in [0.2, 0.25) is 0 Å². The molecule has 2 heterocycles. The Bertz CT molecular complexity index is 1990. The van der Waals surface area contributed by atoms with E-state index >= 15 is 0 Å². The standard InChI is InChI=1S/C38H41F3N4O10/c1-24-22-45(34(49)44-32(24)47)31-21-30(46)36(55-31,17-20-53-35(50)43-19-18-42-33(48)38(39,40)41)23-54-37(25-7-5-4-6-8-25,26-9-13-28(51-2)14-10-26)27-11-15-29(52-3)16-12-27/h4-16,22,30-31,46H,17-21,23H2,1-3H3,(H,42,48)(H,43,50)(H,44,47,49)/t30-,31+,36+/m0/s1. The number of methoxy groups -OCH3 is 2. The molecule has 1 saturated heterocycles. The van der Waals surface area contributed by atoms with Crippen LogP contribution < -0.4 is 31.4 Å². The van der Waals surface area contributed by atoms with Gasteiger partial charge in [-0.2, -0.15) is 13.2 Å². The number of halogens is 3. The predicted molar refractivity (Wildman–Crippen MR) is 191 cm³/mol. The van der Waals surface area contributed by atoms with Crippen molar-refractivity contribution in [2.45, 2.75) is 49.5 Å². The van der Waals surface area contributed by atoms with Crippen molar-refractivity contribution in [2.75, 3.05) is 40.5 Å². The average molecular weight is 771 g/mol. The number of rotatable bonds is 15. The number of amides is 2. The van der Waals surface area contributed by atoms with Crippen molar-refractivity contribution < 1.29 is 51.6 Å². The summed E-state index contributed by atoms with van der Waals surface area (Å²) in [5.74, 6) is -0.970. The molecule has 3 aromatic carbocycles. The molecule has 0 aliphatic carbocycles. The van der Waals surface area contributed by atoms with Gasteiger partial charge in [0.25, 0.3) is 5.56 Å². The van der Waals surface area contributed by atoms with Gasteiger partial charge in [0.05, 0.1) is 33.5 Å². The number of nitrogens with one attached hydrogen (secondary N) is 3. The van der Waals surface area contributed by atoms with Crippen molar-refractivity contribution in [3.8, 4) is 11.5 Å². The van der Waals surface area contributed by atoms with E-state index in [0.717, 1.165) is 4.57 Å². The van der Waals surface area contributed by atoms with Crippen molar-refractivity contribution in [3.05, 3.63) is 128 Å². The number of benzene rings is 3.